The summed E-state index contributed by atoms with van der Waals surface area (Å²) in [5.74, 6) is 0. The van der Waals surface area contributed by atoms with Crippen LogP contribution in [0.1, 0.15) is 39.2 Å². The van der Waals surface area contributed by atoms with Crippen molar-refractivity contribution in [3.8, 4) is 0 Å². The summed E-state index contributed by atoms with van der Waals surface area (Å²) in [6.45, 7) is 5.97. The van der Waals surface area contributed by atoms with E-state index < -0.39 is 0 Å². The van der Waals surface area contributed by atoms with Crippen molar-refractivity contribution >= 4 is 5.57 Å². The van der Waals surface area contributed by atoms with Gasteiger partial charge in [0.1, 0.15) is 6.10 Å². The topological polar surface area (TPSA) is 18.5 Å². The number of hydrogen-bond donors (Lipinski definition) is 0. The summed E-state index contributed by atoms with van der Waals surface area (Å²) in [4.78, 5) is 10.8. The van der Waals surface area contributed by atoms with E-state index in [9.17, 15) is 0 Å². The van der Waals surface area contributed by atoms with Crippen LogP contribution in [0, 0.1) is 0 Å². The average Bonchev–Trinajstić information content (AvgIpc) is 2.75. The molecular formula is C15H20O2. The first-order valence-electron chi connectivity index (χ1n) is 6.15. The van der Waals surface area contributed by atoms with E-state index in [0.717, 1.165) is 12.8 Å². The van der Waals surface area contributed by atoms with Crippen LogP contribution in [-0.2, 0) is 9.78 Å². The molecule has 0 saturated carbocycles. The number of rotatable bonds is 3. The van der Waals surface area contributed by atoms with Gasteiger partial charge in [0.15, 0.2) is 0 Å². The third kappa shape index (κ3) is 3.69. The van der Waals surface area contributed by atoms with E-state index in [1.165, 1.54) is 11.1 Å². The van der Waals surface area contributed by atoms with E-state index in [2.05, 4.69) is 30.3 Å². The maximum Gasteiger partial charge on any atom is 0.112 e. The molecule has 2 heteroatoms. The molecule has 0 heterocycles. The molecule has 1 unspecified atom stereocenters. The molecule has 92 valence electrons. The largest absolute Gasteiger partial charge is 0.230 e. The fourth-order valence-electron chi connectivity index (χ4n) is 1.86. The van der Waals surface area contributed by atoms with Crippen LogP contribution in [0.5, 0.6) is 0 Å². The molecule has 0 saturated heterocycles. The van der Waals surface area contributed by atoms with E-state index in [1.54, 1.807) is 0 Å². The van der Waals surface area contributed by atoms with Gasteiger partial charge in [0.25, 0.3) is 0 Å². The van der Waals surface area contributed by atoms with Crippen molar-refractivity contribution in [1.29, 1.82) is 0 Å². The monoisotopic (exact) mass is 232 g/mol. The van der Waals surface area contributed by atoms with Crippen LogP contribution in [0.4, 0.5) is 0 Å². The Hall–Kier alpha value is -1.12. The predicted molar refractivity (Wildman–Crippen MR) is 69.4 cm³/mol. The zero-order valence-corrected chi connectivity index (χ0v) is 10.8. The molecule has 1 aliphatic rings. The molecule has 1 aliphatic carbocycles. The second kappa shape index (κ2) is 5.03. The summed E-state index contributed by atoms with van der Waals surface area (Å²) >= 11 is 0. The first kappa shape index (κ1) is 12.3. The molecule has 2 rings (SSSR count). The lowest BCUT2D eigenvalue weighted by molar-refractivity contribution is -0.364. The molecule has 0 amide bonds. The normalized spacial score (nSPS) is 20.4. The SMILES string of the molecule is CC(C)(C)OOC1C=C(c2ccccc2)CC1. The molecule has 2 nitrogen and oxygen atoms in total. The Labute approximate surface area is 103 Å². The van der Waals surface area contributed by atoms with Gasteiger partial charge in [-0.1, -0.05) is 30.3 Å². The summed E-state index contributed by atoms with van der Waals surface area (Å²) in [5.41, 5.74) is 2.39. The van der Waals surface area contributed by atoms with Crippen LogP contribution in [0.15, 0.2) is 36.4 Å². The second-order valence-corrected chi connectivity index (χ2v) is 5.43. The smallest absolute Gasteiger partial charge is 0.112 e. The van der Waals surface area contributed by atoms with Gasteiger partial charge in [-0.15, -0.1) is 0 Å². The van der Waals surface area contributed by atoms with Gasteiger partial charge in [-0.05, 0) is 50.8 Å². The molecule has 17 heavy (non-hydrogen) atoms. The van der Waals surface area contributed by atoms with Crippen LogP contribution in [0.3, 0.4) is 0 Å². The minimum atomic E-state index is -0.247. The van der Waals surface area contributed by atoms with Crippen molar-refractivity contribution in [1.82, 2.24) is 0 Å². The first-order chi connectivity index (χ1) is 8.04. The molecule has 0 N–H and O–H groups in total. The van der Waals surface area contributed by atoms with E-state index in [4.69, 9.17) is 9.78 Å². The molecular weight excluding hydrogens is 212 g/mol. The number of benzene rings is 1. The molecule has 0 fully saturated rings. The Balaban J connectivity index is 1.95. The van der Waals surface area contributed by atoms with Gasteiger partial charge in [0.2, 0.25) is 0 Å². The number of allylic oxidation sites excluding steroid dienone is 1. The fraction of sp³-hybridized carbons (Fsp3) is 0.467. The van der Waals surface area contributed by atoms with Gasteiger partial charge in [-0.25, -0.2) is 9.78 Å². The minimum Gasteiger partial charge on any atom is -0.230 e. The third-order valence-electron chi connectivity index (χ3n) is 2.65. The van der Waals surface area contributed by atoms with Crippen molar-refractivity contribution in [3.05, 3.63) is 42.0 Å². The molecule has 0 radical (unpaired) electrons. The lowest BCUT2D eigenvalue weighted by atomic mass is 10.1. The van der Waals surface area contributed by atoms with Crippen molar-refractivity contribution in [2.45, 2.75) is 45.3 Å². The summed E-state index contributed by atoms with van der Waals surface area (Å²) < 4.78 is 0. The molecule has 0 aromatic heterocycles. The highest BCUT2D eigenvalue weighted by atomic mass is 17.2. The van der Waals surface area contributed by atoms with Gasteiger partial charge in [0.05, 0.1) is 5.60 Å². The van der Waals surface area contributed by atoms with E-state index in [0.29, 0.717) is 0 Å². The molecule has 0 aliphatic heterocycles. The van der Waals surface area contributed by atoms with Crippen LogP contribution < -0.4 is 0 Å². The molecule has 1 aromatic rings. The van der Waals surface area contributed by atoms with Crippen LogP contribution in [0.25, 0.3) is 5.57 Å². The Morgan fingerprint density at radius 2 is 1.82 bits per heavy atom. The van der Waals surface area contributed by atoms with Crippen LogP contribution in [0.2, 0.25) is 0 Å². The van der Waals surface area contributed by atoms with Crippen LogP contribution in [-0.4, -0.2) is 11.7 Å². The fourth-order valence-corrected chi connectivity index (χ4v) is 1.86. The minimum absolute atomic E-state index is 0.0874. The molecule has 1 atom stereocenters. The average molecular weight is 232 g/mol. The standard InChI is InChI=1S/C15H20O2/c1-15(2,3)17-16-14-10-9-13(11-14)12-7-5-4-6-8-12/h4-8,11,14H,9-10H2,1-3H3. The molecule has 1 aromatic carbocycles. The highest BCUT2D eigenvalue weighted by molar-refractivity contribution is 5.67. The molecule has 0 spiro atoms. The van der Waals surface area contributed by atoms with Gasteiger partial charge in [0, 0.05) is 0 Å². The third-order valence-corrected chi connectivity index (χ3v) is 2.65. The van der Waals surface area contributed by atoms with Crippen molar-refractivity contribution < 1.29 is 9.78 Å². The Morgan fingerprint density at radius 1 is 1.12 bits per heavy atom. The predicted octanol–water partition coefficient (Wildman–Crippen LogP) is 3.98. The Kier molecular flexibility index (Phi) is 3.65. The summed E-state index contributed by atoms with van der Waals surface area (Å²) in [6.07, 6.45) is 4.31. The summed E-state index contributed by atoms with van der Waals surface area (Å²) in [5, 5.41) is 0. The maximum absolute atomic E-state index is 5.44. The number of hydrogen-bond acceptors (Lipinski definition) is 2. The van der Waals surface area contributed by atoms with Gasteiger partial charge in [-0.3, -0.25) is 0 Å². The highest BCUT2D eigenvalue weighted by Gasteiger charge is 2.21. The van der Waals surface area contributed by atoms with E-state index >= 15 is 0 Å². The molecule has 0 bridgehead atoms. The second-order valence-electron chi connectivity index (χ2n) is 5.43. The summed E-state index contributed by atoms with van der Waals surface area (Å²) in [6, 6.07) is 10.4. The van der Waals surface area contributed by atoms with Crippen molar-refractivity contribution in [2.75, 3.05) is 0 Å². The highest BCUT2D eigenvalue weighted by Crippen LogP contribution is 2.29. The lowest BCUT2D eigenvalue weighted by Gasteiger charge is -2.19. The quantitative estimate of drug-likeness (QED) is 0.579. The van der Waals surface area contributed by atoms with E-state index in [-0.39, 0.29) is 11.7 Å². The zero-order chi connectivity index (χ0) is 12.3. The van der Waals surface area contributed by atoms with Gasteiger partial charge in [-0.2, -0.15) is 0 Å². The van der Waals surface area contributed by atoms with Crippen LogP contribution >= 0.6 is 0 Å². The zero-order valence-electron chi connectivity index (χ0n) is 10.8. The lowest BCUT2D eigenvalue weighted by Crippen LogP contribution is -2.22. The van der Waals surface area contributed by atoms with Gasteiger partial charge < -0.3 is 0 Å². The maximum atomic E-state index is 5.44. The Morgan fingerprint density at radius 3 is 2.47 bits per heavy atom. The first-order valence-corrected chi connectivity index (χ1v) is 6.15. The van der Waals surface area contributed by atoms with Crippen molar-refractivity contribution in [2.24, 2.45) is 0 Å². The summed E-state index contributed by atoms with van der Waals surface area (Å²) in [7, 11) is 0. The van der Waals surface area contributed by atoms with Gasteiger partial charge >= 0.3 is 0 Å². The van der Waals surface area contributed by atoms with Crippen molar-refractivity contribution in [3.63, 3.8) is 0 Å². The Bertz CT molecular complexity index is 387. The van der Waals surface area contributed by atoms with E-state index in [1.807, 2.05) is 26.8 Å².